The Morgan fingerprint density at radius 2 is 1.90 bits per heavy atom. The summed E-state index contributed by atoms with van der Waals surface area (Å²) in [5.74, 6) is -1.27. The van der Waals surface area contributed by atoms with Gasteiger partial charge in [0.2, 0.25) is 0 Å². The van der Waals surface area contributed by atoms with Crippen molar-refractivity contribution in [3.63, 3.8) is 0 Å². The number of rotatable bonds is 5. The van der Waals surface area contributed by atoms with Gasteiger partial charge in [0, 0.05) is 6.61 Å². The number of aliphatic hydroxyl groups excluding tert-OH is 1. The predicted octanol–water partition coefficient (Wildman–Crippen LogP) is 3.33. The van der Waals surface area contributed by atoms with Crippen LogP contribution in [0.25, 0.3) is 0 Å². The topological polar surface area (TPSA) is 49.3 Å². The van der Waals surface area contributed by atoms with Crippen LogP contribution < -0.4 is 5.32 Å². The molecule has 1 unspecified atom stereocenters. The number of amides is 1. The summed E-state index contributed by atoms with van der Waals surface area (Å²) in [7, 11) is 0. The number of carbonyl (C=O) groups is 1. The molecule has 2 aromatic carbocycles. The summed E-state index contributed by atoms with van der Waals surface area (Å²) >= 11 is 5.88. The van der Waals surface area contributed by atoms with Crippen molar-refractivity contribution in [3.05, 3.63) is 70.5 Å². The lowest BCUT2D eigenvalue weighted by Gasteiger charge is -2.19. The first-order chi connectivity index (χ1) is 10.1. The van der Waals surface area contributed by atoms with E-state index in [-0.39, 0.29) is 17.2 Å². The summed E-state index contributed by atoms with van der Waals surface area (Å²) in [6, 6.07) is 12.9. The van der Waals surface area contributed by atoms with Crippen molar-refractivity contribution in [3.8, 4) is 0 Å². The molecule has 0 aromatic heterocycles. The van der Waals surface area contributed by atoms with Gasteiger partial charge in [-0.2, -0.15) is 0 Å². The molecule has 2 rings (SSSR count). The van der Waals surface area contributed by atoms with Crippen molar-refractivity contribution in [2.45, 2.75) is 12.5 Å². The monoisotopic (exact) mass is 307 g/mol. The molecule has 0 radical (unpaired) electrons. The molecule has 2 aromatic rings. The molecule has 3 nitrogen and oxygen atoms in total. The molecule has 0 bridgehead atoms. The second-order valence-corrected chi connectivity index (χ2v) is 4.95. The zero-order chi connectivity index (χ0) is 15.2. The highest BCUT2D eigenvalue weighted by Crippen LogP contribution is 2.22. The van der Waals surface area contributed by atoms with Gasteiger partial charge >= 0.3 is 0 Å². The Labute approximate surface area is 127 Å². The van der Waals surface area contributed by atoms with Gasteiger partial charge < -0.3 is 10.4 Å². The average Bonchev–Trinajstić information content (AvgIpc) is 2.47. The fourth-order valence-corrected chi connectivity index (χ4v) is 2.33. The van der Waals surface area contributed by atoms with Crippen LogP contribution in [0.3, 0.4) is 0 Å². The molecule has 0 fully saturated rings. The number of hydrogen-bond acceptors (Lipinski definition) is 2. The minimum atomic E-state index is -0.671. The molecule has 0 heterocycles. The highest BCUT2D eigenvalue weighted by atomic mass is 35.5. The second-order valence-electron chi connectivity index (χ2n) is 4.55. The van der Waals surface area contributed by atoms with Crippen LogP contribution in [0.5, 0.6) is 0 Å². The largest absolute Gasteiger partial charge is 0.396 e. The number of hydrogen-bond donors (Lipinski definition) is 2. The van der Waals surface area contributed by atoms with E-state index in [1.165, 1.54) is 18.2 Å². The fourth-order valence-electron chi connectivity index (χ4n) is 2.08. The van der Waals surface area contributed by atoms with E-state index in [0.717, 1.165) is 5.56 Å². The molecule has 5 heteroatoms. The maximum Gasteiger partial charge on any atom is 0.256 e. The Kier molecular flexibility index (Phi) is 5.31. The first-order valence-electron chi connectivity index (χ1n) is 6.54. The van der Waals surface area contributed by atoms with Crippen LogP contribution in [0.1, 0.15) is 28.4 Å². The van der Waals surface area contributed by atoms with Crippen molar-refractivity contribution in [2.75, 3.05) is 6.61 Å². The molecule has 0 saturated carbocycles. The fraction of sp³-hybridized carbons (Fsp3) is 0.188. The van der Waals surface area contributed by atoms with Gasteiger partial charge in [-0.05, 0) is 24.1 Å². The average molecular weight is 308 g/mol. The van der Waals surface area contributed by atoms with Crippen LogP contribution >= 0.6 is 11.6 Å². The third kappa shape index (κ3) is 3.80. The van der Waals surface area contributed by atoms with E-state index in [1.54, 1.807) is 0 Å². The van der Waals surface area contributed by atoms with Crippen LogP contribution in [-0.2, 0) is 0 Å². The van der Waals surface area contributed by atoms with E-state index < -0.39 is 17.8 Å². The van der Waals surface area contributed by atoms with E-state index >= 15 is 0 Å². The zero-order valence-corrected chi connectivity index (χ0v) is 12.0. The number of benzene rings is 2. The lowest BCUT2D eigenvalue weighted by molar-refractivity contribution is 0.0926. The normalized spacial score (nSPS) is 12.0. The molecule has 0 spiro atoms. The standard InChI is InChI=1S/C16H15ClFNO2/c17-12-7-4-8-13(18)15(12)16(21)19-14(9-10-20)11-5-2-1-3-6-11/h1-8,14,20H,9-10H2,(H,19,21). The summed E-state index contributed by atoms with van der Waals surface area (Å²) in [6.07, 6.45) is 0.335. The van der Waals surface area contributed by atoms with Crippen molar-refractivity contribution in [1.29, 1.82) is 0 Å². The molecule has 0 aliphatic carbocycles. The Morgan fingerprint density at radius 1 is 1.19 bits per heavy atom. The number of aliphatic hydroxyl groups is 1. The van der Waals surface area contributed by atoms with Gasteiger partial charge in [0.05, 0.1) is 16.6 Å². The summed E-state index contributed by atoms with van der Waals surface area (Å²) in [6.45, 7) is -0.0924. The zero-order valence-electron chi connectivity index (χ0n) is 11.2. The third-order valence-electron chi connectivity index (χ3n) is 3.11. The van der Waals surface area contributed by atoms with Gasteiger partial charge in [-0.25, -0.2) is 4.39 Å². The summed E-state index contributed by atoms with van der Waals surface area (Å²) in [5, 5.41) is 11.9. The minimum absolute atomic E-state index is 0.0586. The van der Waals surface area contributed by atoms with Crippen molar-refractivity contribution in [1.82, 2.24) is 5.32 Å². The van der Waals surface area contributed by atoms with E-state index in [4.69, 9.17) is 16.7 Å². The smallest absolute Gasteiger partial charge is 0.256 e. The minimum Gasteiger partial charge on any atom is -0.396 e. The van der Waals surface area contributed by atoms with Gasteiger partial charge in [-0.1, -0.05) is 48.0 Å². The molecular weight excluding hydrogens is 293 g/mol. The van der Waals surface area contributed by atoms with E-state index in [0.29, 0.717) is 6.42 Å². The number of nitrogens with one attached hydrogen (secondary N) is 1. The van der Waals surface area contributed by atoms with Gasteiger partial charge in [0.25, 0.3) is 5.91 Å². The van der Waals surface area contributed by atoms with Crippen molar-refractivity contribution in [2.24, 2.45) is 0 Å². The lowest BCUT2D eigenvalue weighted by Crippen LogP contribution is -2.30. The van der Waals surface area contributed by atoms with E-state index in [2.05, 4.69) is 5.32 Å². The summed E-state index contributed by atoms with van der Waals surface area (Å²) in [5.41, 5.74) is 0.658. The second kappa shape index (κ2) is 7.20. The Morgan fingerprint density at radius 3 is 2.52 bits per heavy atom. The van der Waals surface area contributed by atoms with Crippen molar-refractivity contribution < 1.29 is 14.3 Å². The van der Waals surface area contributed by atoms with Gasteiger partial charge in [-0.3, -0.25) is 4.79 Å². The Hall–Kier alpha value is -1.91. The van der Waals surface area contributed by atoms with Gasteiger partial charge in [0.15, 0.2) is 0 Å². The first-order valence-corrected chi connectivity index (χ1v) is 6.92. The molecule has 1 atom stereocenters. The maximum absolute atomic E-state index is 13.7. The quantitative estimate of drug-likeness (QED) is 0.890. The molecular formula is C16H15ClFNO2. The van der Waals surface area contributed by atoms with Crippen LogP contribution in [0.15, 0.2) is 48.5 Å². The number of halogens is 2. The van der Waals surface area contributed by atoms with Gasteiger partial charge in [0.1, 0.15) is 5.82 Å². The predicted molar refractivity (Wildman–Crippen MR) is 79.8 cm³/mol. The molecule has 1 amide bonds. The highest BCUT2D eigenvalue weighted by Gasteiger charge is 2.20. The SMILES string of the molecule is O=C(NC(CCO)c1ccccc1)c1c(F)cccc1Cl. The van der Waals surface area contributed by atoms with Crippen LogP contribution in [0.4, 0.5) is 4.39 Å². The van der Waals surface area contributed by atoms with E-state index in [1.807, 2.05) is 30.3 Å². The van der Waals surface area contributed by atoms with Crippen molar-refractivity contribution >= 4 is 17.5 Å². The summed E-state index contributed by atoms with van der Waals surface area (Å²) in [4.78, 5) is 12.2. The van der Waals surface area contributed by atoms with Crippen LogP contribution in [0, 0.1) is 5.82 Å². The molecule has 0 aliphatic rings. The Balaban J connectivity index is 2.23. The first kappa shape index (κ1) is 15.5. The van der Waals surface area contributed by atoms with Crippen LogP contribution in [0.2, 0.25) is 5.02 Å². The maximum atomic E-state index is 13.7. The molecule has 21 heavy (non-hydrogen) atoms. The highest BCUT2D eigenvalue weighted by molar-refractivity contribution is 6.33. The molecule has 0 saturated heterocycles. The lowest BCUT2D eigenvalue weighted by atomic mass is 10.0. The van der Waals surface area contributed by atoms with E-state index in [9.17, 15) is 9.18 Å². The van der Waals surface area contributed by atoms with Gasteiger partial charge in [-0.15, -0.1) is 0 Å². The third-order valence-corrected chi connectivity index (χ3v) is 3.43. The number of carbonyl (C=O) groups excluding carboxylic acids is 1. The molecule has 110 valence electrons. The molecule has 2 N–H and O–H groups in total. The summed E-state index contributed by atoms with van der Waals surface area (Å²) < 4.78 is 13.7. The Bertz CT molecular complexity index is 599. The molecule has 0 aliphatic heterocycles. The van der Waals surface area contributed by atoms with Crippen LogP contribution in [-0.4, -0.2) is 17.6 Å².